The van der Waals surface area contributed by atoms with Crippen LogP contribution in [0, 0.1) is 0 Å². The van der Waals surface area contributed by atoms with E-state index in [0.717, 1.165) is 19.0 Å². The van der Waals surface area contributed by atoms with Gasteiger partial charge in [-0.1, -0.05) is 0 Å². The zero-order chi connectivity index (χ0) is 7.52. The summed E-state index contributed by atoms with van der Waals surface area (Å²) in [5.74, 6) is 0. The molecule has 2 nitrogen and oxygen atoms in total. The average Bonchev–Trinajstić information content (AvgIpc) is 2.66. The minimum absolute atomic E-state index is 0.836. The molecule has 0 saturated heterocycles. The highest BCUT2D eigenvalue weighted by molar-refractivity contribution is 7.09. The number of rotatable bonds is 4. The maximum Gasteiger partial charge on any atom is 0.0794 e. The Hall–Kier alpha value is -0.410. The lowest BCUT2D eigenvalue weighted by Crippen LogP contribution is -2.18. The standard InChI is InChI=1S/C8H12N2S/c1-2-7(1)10-4-3-8-5-9-6-11-8/h5-7,10H,1-4H2. The third-order valence-electron chi connectivity index (χ3n) is 1.87. The summed E-state index contributed by atoms with van der Waals surface area (Å²) >= 11 is 1.74. The van der Waals surface area contributed by atoms with Crippen molar-refractivity contribution >= 4 is 11.3 Å². The van der Waals surface area contributed by atoms with Crippen molar-refractivity contribution in [2.45, 2.75) is 25.3 Å². The third-order valence-corrected chi connectivity index (χ3v) is 2.70. The summed E-state index contributed by atoms with van der Waals surface area (Å²) < 4.78 is 0. The second-order valence-corrected chi connectivity index (χ2v) is 3.92. The smallest absolute Gasteiger partial charge is 0.0794 e. The van der Waals surface area contributed by atoms with E-state index in [1.165, 1.54) is 17.7 Å². The lowest BCUT2D eigenvalue weighted by molar-refractivity contribution is 0.685. The first-order valence-corrected chi connectivity index (χ1v) is 4.94. The highest BCUT2D eigenvalue weighted by Gasteiger charge is 2.19. The SMILES string of the molecule is c1ncc(CCNC2CC2)s1. The van der Waals surface area contributed by atoms with Crippen LogP contribution in [0.1, 0.15) is 17.7 Å². The quantitative estimate of drug-likeness (QED) is 0.736. The molecule has 11 heavy (non-hydrogen) atoms. The van der Waals surface area contributed by atoms with Crippen molar-refractivity contribution in [1.29, 1.82) is 0 Å². The van der Waals surface area contributed by atoms with Gasteiger partial charge in [-0.25, -0.2) is 0 Å². The van der Waals surface area contributed by atoms with Gasteiger partial charge in [-0.05, 0) is 19.3 Å². The normalized spacial score (nSPS) is 17.1. The van der Waals surface area contributed by atoms with Gasteiger partial charge in [0.15, 0.2) is 0 Å². The molecular formula is C8H12N2S. The number of hydrogen-bond acceptors (Lipinski definition) is 3. The zero-order valence-electron chi connectivity index (χ0n) is 6.42. The van der Waals surface area contributed by atoms with Crippen molar-refractivity contribution in [2.75, 3.05) is 6.54 Å². The number of hydrogen-bond donors (Lipinski definition) is 1. The molecule has 0 bridgehead atoms. The fourth-order valence-electron chi connectivity index (χ4n) is 1.05. The van der Waals surface area contributed by atoms with Crippen molar-refractivity contribution < 1.29 is 0 Å². The number of thiazole rings is 1. The Morgan fingerprint density at radius 2 is 2.55 bits per heavy atom. The lowest BCUT2D eigenvalue weighted by atomic mass is 10.4. The van der Waals surface area contributed by atoms with Crippen LogP contribution < -0.4 is 5.32 Å². The van der Waals surface area contributed by atoms with Gasteiger partial charge in [0.1, 0.15) is 0 Å². The van der Waals surface area contributed by atoms with Gasteiger partial charge in [0, 0.05) is 23.7 Å². The van der Waals surface area contributed by atoms with Gasteiger partial charge in [-0.3, -0.25) is 4.98 Å². The molecule has 0 amide bonds. The van der Waals surface area contributed by atoms with Crippen molar-refractivity contribution in [3.05, 3.63) is 16.6 Å². The van der Waals surface area contributed by atoms with Crippen LogP contribution in [0.3, 0.4) is 0 Å². The topological polar surface area (TPSA) is 24.9 Å². The molecule has 0 unspecified atom stereocenters. The first-order valence-electron chi connectivity index (χ1n) is 4.06. The van der Waals surface area contributed by atoms with E-state index in [2.05, 4.69) is 10.3 Å². The molecule has 1 saturated carbocycles. The van der Waals surface area contributed by atoms with Gasteiger partial charge in [-0.15, -0.1) is 11.3 Å². The Labute approximate surface area is 70.7 Å². The Balaban J connectivity index is 1.66. The predicted octanol–water partition coefficient (Wildman–Crippen LogP) is 1.44. The summed E-state index contributed by atoms with van der Waals surface area (Å²) in [5, 5.41) is 3.47. The predicted molar refractivity (Wildman–Crippen MR) is 46.8 cm³/mol. The van der Waals surface area contributed by atoms with E-state index in [1.807, 2.05) is 11.7 Å². The third kappa shape index (κ3) is 2.27. The van der Waals surface area contributed by atoms with Crippen LogP contribution in [-0.2, 0) is 6.42 Å². The largest absolute Gasteiger partial charge is 0.314 e. The maximum absolute atomic E-state index is 4.03. The molecule has 1 aromatic heterocycles. The van der Waals surface area contributed by atoms with Gasteiger partial charge < -0.3 is 5.32 Å². The van der Waals surface area contributed by atoms with Gasteiger partial charge in [0.2, 0.25) is 0 Å². The molecule has 60 valence electrons. The van der Waals surface area contributed by atoms with Gasteiger partial charge in [-0.2, -0.15) is 0 Å². The summed E-state index contributed by atoms with van der Waals surface area (Å²) in [4.78, 5) is 5.41. The van der Waals surface area contributed by atoms with Crippen molar-refractivity contribution in [3.63, 3.8) is 0 Å². The molecule has 0 aromatic carbocycles. The average molecular weight is 168 g/mol. The van der Waals surface area contributed by atoms with E-state index in [1.54, 1.807) is 11.3 Å². The molecule has 2 rings (SSSR count). The maximum atomic E-state index is 4.03. The van der Waals surface area contributed by atoms with E-state index in [0.29, 0.717) is 0 Å². The minimum atomic E-state index is 0.836. The van der Waals surface area contributed by atoms with Gasteiger partial charge in [0.25, 0.3) is 0 Å². The van der Waals surface area contributed by atoms with Crippen LogP contribution in [0.15, 0.2) is 11.7 Å². The molecule has 0 radical (unpaired) electrons. The molecule has 0 atom stereocenters. The van der Waals surface area contributed by atoms with E-state index in [4.69, 9.17) is 0 Å². The fraction of sp³-hybridized carbons (Fsp3) is 0.625. The molecule has 1 aliphatic carbocycles. The summed E-state index contributed by atoms with van der Waals surface area (Å²) in [6.45, 7) is 1.12. The summed E-state index contributed by atoms with van der Waals surface area (Å²) in [5.41, 5.74) is 1.90. The second kappa shape index (κ2) is 3.32. The highest BCUT2D eigenvalue weighted by Crippen LogP contribution is 2.18. The van der Waals surface area contributed by atoms with Crippen LogP contribution in [0.25, 0.3) is 0 Å². The van der Waals surface area contributed by atoms with Crippen LogP contribution in [0.5, 0.6) is 0 Å². The number of nitrogens with one attached hydrogen (secondary N) is 1. The van der Waals surface area contributed by atoms with Crippen molar-refractivity contribution in [3.8, 4) is 0 Å². The molecule has 3 heteroatoms. The van der Waals surface area contributed by atoms with E-state index in [9.17, 15) is 0 Å². The van der Waals surface area contributed by atoms with E-state index >= 15 is 0 Å². The molecule has 1 heterocycles. The number of nitrogens with zero attached hydrogens (tertiary/aromatic N) is 1. The fourth-order valence-corrected chi connectivity index (χ4v) is 1.65. The number of aromatic nitrogens is 1. The first-order chi connectivity index (χ1) is 5.45. The Morgan fingerprint density at radius 1 is 1.64 bits per heavy atom. The lowest BCUT2D eigenvalue weighted by Gasteiger charge is -1.98. The molecule has 1 N–H and O–H groups in total. The van der Waals surface area contributed by atoms with E-state index < -0.39 is 0 Å². The minimum Gasteiger partial charge on any atom is -0.314 e. The first kappa shape index (κ1) is 7.25. The Morgan fingerprint density at radius 3 is 3.18 bits per heavy atom. The molecule has 1 aromatic rings. The molecular weight excluding hydrogens is 156 g/mol. The van der Waals surface area contributed by atoms with Crippen LogP contribution >= 0.6 is 11.3 Å². The van der Waals surface area contributed by atoms with Crippen LogP contribution in [0.2, 0.25) is 0 Å². The molecule has 0 aliphatic heterocycles. The van der Waals surface area contributed by atoms with Crippen LogP contribution in [0.4, 0.5) is 0 Å². The van der Waals surface area contributed by atoms with Crippen LogP contribution in [-0.4, -0.2) is 17.6 Å². The Kier molecular flexibility index (Phi) is 2.19. The highest BCUT2D eigenvalue weighted by atomic mass is 32.1. The van der Waals surface area contributed by atoms with E-state index in [-0.39, 0.29) is 0 Å². The Bertz CT molecular complexity index is 204. The summed E-state index contributed by atoms with van der Waals surface area (Å²) in [6, 6.07) is 0.836. The monoisotopic (exact) mass is 168 g/mol. The molecule has 1 fully saturated rings. The zero-order valence-corrected chi connectivity index (χ0v) is 7.23. The van der Waals surface area contributed by atoms with Crippen molar-refractivity contribution in [2.24, 2.45) is 0 Å². The molecule has 1 aliphatic rings. The van der Waals surface area contributed by atoms with Gasteiger partial charge >= 0.3 is 0 Å². The second-order valence-electron chi connectivity index (χ2n) is 2.95. The molecule has 0 spiro atoms. The summed E-state index contributed by atoms with van der Waals surface area (Å²) in [7, 11) is 0. The summed E-state index contributed by atoms with van der Waals surface area (Å²) in [6.07, 6.45) is 5.85. The van der Waals surface area contributed by atoms with Gasteiger partial charge in [0.05, 0.1) is 5.51 Å². The van der Waals surface area contributed by atoms with Crippen molar-refractivity contribution in [1.82, 2.24) is 10.3 Å².